The van der Waals surface area contributed by atoms with E-state index in [1.807, 2.05) is 0 Å². The van der Waals surface area contributed by atoms with Crippen LogP contribution >= 0.6 is 11.6 Å². The zero-order valence-corrected chi connectivity index (χ0v) is 12.3. The molecule has 2 rings (SSSR count). The Morgan fingerprint density at radius 1 is 1.37 bits per heavy atom. The zero-order valence-electron chi connectivity index (χ0n) is 10.7. The van der Waals surface area contributed by atoms with E-state index in [0.717, 1.165) is 24.9 Å². The fourth-order valence-electron chi connectivity index (χ4n) is 1.61. The summed E-state index contributed by atoms with van der Waals surface area (Å²) in [5.74, 6) is 1.94. The van der Waals surface area contributed by atoms with Crippen LogP contribution in [0.3, 0.4) is 0 Å². The van der Waals surface area contributed by atoms with Gasteiger partial charge in [0.15, 0.2) is 0 Å². The molecule has 0 radical (unpaired) electrons. The van der Waals surface area contributed by atoms with Crippen molar-refractivity contribution in [2.75, 3.05) is 24.7 Å². The molecule has 0 saturated heterocycles. The molecule has 0 aromatic carbocycles. The van der Waals surface area contributed by atoms with Gasteiger partial charge < -0.3 is 5.32 Å². The van der Waals surface area contributed by atoms with Crippen molar-refractivity contribution in [3.05, 3.63) is 17.0 Å². The third-order valence-corrected chi connectivity index (χ3v) is 3.60. The summed E-state index contributed by atoms with van der Waals surface area (Å²) in [6.45, 7) is 1.03. The quantitative estimate of drug-likeness (QED) is 0.587. The molecule has 106 valence electrons. The molecule has 1 heterocycles. The molecule has 0 spiro atoms. The smallest absolute Gasteiger partial charge is 0.208 e. The van der Waals surface area contributed by atoms with Crippen molar-refractivity contribution in [3.8, 4) is 0 Å². The van der Waals surface area contributed by atoms with E-state index in [9.17, 15) is 8.42 Å². The normalized spacial score (nSPS) is 15.5. The van der Waals surface area contributed by atoms with Gasteiger partial charge in [-0.1, -0.05) is 11.6 Å². The van der Waals surface area contributed by atoms with Crippen molar-refractivity contribution in [3.63, 3.8) is 0 Å². The predicted octanol–water partition coefficient (Wildman–Crippen LogP) is 1.36. The van der Waals surface area contributed by atoms with E-state index in [-0.39, 0.29) is 0 Å². The van der Waals surface area contributed by atoms with Gasteiger partial charge in [0.1, 0.15) is 16.8 Å². The summed E-state index contributed by atoms with van der Waals surface area (Å²) in [7, 11) is -3.11. The summed E-state index contributed by atoms with van der Waals surface area (Å²) >= 11 is 5.94. The van der Waals surface area contributed by atoms with Crippen LogP contribution in [0.15, 0.2) is 6.07 Å². The molecule has 1 aromatic heterocycles. The molecule has 1 fully saturated rings. The largest absolute Gasteiger partial charge is 0.370 e. The van der Waals surface area contributed by atoms with Crippen LogP contribution in [0.4, 0.5) is 5.82 Å². The lowest BCUT2D eigenvalue weighted by molar-refractivity contribution is 0.586. The van der Waals surface area contributed by atoms with Crippen LogP contribution in [0.1, 0.15) is 31.0 Å². The van der Waals surface area contributed by atoms with Gasteiger partial charge in [-0.2, -0.15) is 0 Å². The first-order chi connectivity index (χ1) is 8.94. The lowest BCUT2D eigenvalue weighted by Crippen LogP contribution is -2.24. The van der Waals surface area contributed by atoms with E-state index in [1.54, 1.807) is 6.07 Å². The van der Waals surface area contributed by atoms with Gasteiger partial charge in [0.2, 0.25) is 10.0 Å². The first-order valence-electron chi connectivity index (χ1n) is 6.17. The fourth-order valence-corrected chi connectivity index (χ4v) is 2.32. The number of sulfonamides is 1. The Balaban J connectivity index is 1.79. The summed E-state index contributed by atoms with van der Waals surface area (Å²) < 4.78 is 24.2. The molecule has 8 heteroatoms. The fraction of sp³-hybridized carbons (Fsp3) is 0.636. The van der Waals surface area contributed by atoms with E-state index in [2.05, 4.69) is 20.0 Å². The third-order valence-electron chi connectivity index (χ3n) is 2.68. The van der Waals surface area contributed by atoms with Crippen LogP contribution in [0.5, 0.6) is 0 Å². The molecule has 19 heavy (non-hydrogen) atoms. The molecule has 0 amide bonds. The number of aromatic nitrogens is 2. The highest BCUT2D eigenvalue weighted by atomic mass is 35.5. The maximum absolute atomic E-state index is 10.9. The van der Waals surface area contributed by atoms with E-state index in [1.165, 1.54) is 0 Å². The monoisotopic (exact) mass is 304 g/mol. The summed E-state index contributed by atoms with van der Waals surface area (Å²) in [5.41, 5.74) is 0. The second-order valence-electron chi connectivity index (χ2n) is 4.66. The number of hydrogen-bond donors (Lipinski definition) is 2. The molecular formula is C11H17ClN4O2S. The summed E-state index contributed by atoms with van der Waals surface area (Å²) in [4.78, 5) is 8.59. The van der Waals surface area contributed by atoms with Gasteiger partial charge in [-0.3, -0.25) is 0 Å². The average molecular weight is 305 g/mol. The van der Waals surface area contributed by atoms with Crippen LogP contribution in [0, 0.1) is 0 Å². The van der Waals surface area contributed by atoms with Gasteiger partial charge in [-0.05, 0) is 19.3 Å². The topological polar surface area (TPSA) is 84.0 Å². The van der Waals surface area contributed by atoms with Crippen molar-refractivity contribution in [1.82, 2.24) is 14.7 Å². The number of halogens is 1. The molecule has 0 aliphatic heterocycles. The Labute approximate surface area is 118 Å². The van der Waals surface area contributed by atoms with E-state index in [4.69, 9.17) is 11.6 Å². The molecule has 1 saturated carbocycles. The van der Waals surface area contributed by atoms with Gasteiger partial charge in [0.05, 0.1) is 6.26 Å². The number of nitrogens with one attached hydrogen (secondary N) is 2. The molecule has 0 bridgehead atoms. The van der Waals surface area contributed by atoms with Crippen LogP contribution in [-0.4, -0.2) is 37.7 Å². The van der Waals surface area contributed by atoms with Gasteiger partial charge in [-0.25, -0.2) is 23.1 Å². The minimum Gasteiger partial charge on any atom is -0.370 e. The Bertz CT molecular complexity index is 546. The van der Waals surface area contributed by atoms with Crippen molar-refractivity contribution in [2.24, 2.45) is 0 Å². The highest BCUT2D eigenvalue weighted by Crippen LogP contribution is 2.38. The number of rotatable bonds is 7. The van der Waals surface area contributed by atoms with Crippen LogP contribution in [0.25, 0.3) is 0 Å². The van der Waals surface area contributed by atoms with E-state index < -0.39 is 10.0 Å². The number of hydrogen-bond acceptors (Lipinski definition) is 5. The molecule has 1 aromatic rings. The van der Waals surface area contributed by atoms with Gasteiger partial charge in [0, 0.05) is 25.1 Å². The van der Waals surface area contributed by atoms with Crippen molar-refractivity contribution >= 4 is 27.4 Å². The van der Waals surface area contributed by atoms with Crippen molar-refractivity contribution in [2.45, 2.75) is 25.2 Å². The highest BCUT2D eigenvalue weighted by molar-refractivity contribution is 7.88. The van der Waals surface area contributed by atoms with Gasteiger partial charge >= 0.3 is 0 Å². The van der Waals surface area contributed by atoms with E-state index >= 15 is 0 Å². The summed E-state index contributed by atoms with van der Waals surface area (Å²) in [6.07, 6.45) is 4.07. The Morgan fingerprint density at radius 2 is 2.11 bits per heavy atom. The maximum atomic E-state index is 10.9. The average Bonchev–Trinajstić information content (AvgIpc) is 3.10. The van der Waals surface area contributed by atoms with Crippen LogP contribution < -0.4 is 10.0 Å². The Morgan fingerprint density at radius 3 is 2.74 bits per heavy atom. The van der Waals surface area contributed by atoms with E-state index in [0.29, 0.717) is 36.4 Å². The Kier molecular flexibility index (Phi) is 4.59. The SMILES string of the molecule is CS(=O)(=O)NCCCNc1cc(Cl)nc(C2CC2)n1. The number of anilines is 1. The van der Waals surface area contributed by atoms with Crippen molar-refractivity contribution < 1.29 is 8.42 Å². The Hall–Kier alpha value is -0.920. The first-order valence-corrected chi connectivity index (χ1v) is 8.44. The van der Waals surface area contributed by atoms with Gasteiger partial charge in [0.25, 0.3) is 0 Å². The highest BCUT2D eigenvalue weighted by Gasteiger charge is 2.27. The molecule has 1 aliphatic carbocycles. The molecular weight excluding hydrogens is 288 g/mol. The minimum atomic E-state index is -3.11. The summed E-state index contributed by atoms with van der Waals surface area (Å²) in [6, 6.07) is 1.68. The standard InChI is InChI=1S/C11H17ClN4O2S/c1-19(17,18)14-6-2-5-13-10-7-9(12)15-11(16-10)8-3-4-8/h7-8,14H,2-6H2,1H3,(H,13,15,16). The first kappa shape index (κ1) is 14.5. The van der Waals surface area contributed by atoms with Gasteiger partial charge in [-0.15, -0.1) is 0 Å². The molecule has 2 N–H and O–H groups in total. The summed E-state index contributed by atoms with van der Waals surface area (Å²) in [5, 5.41) is 3.56. The van der Waals surface area contributed by atoms with Crippen molar-refractivity contribution in [1.29, 1.82) is 0 Å². The minimum absolute atomic E-state index is 0.403. The second kappa shape index (κ2) is 6.02. The second-order valence-corrected chi connectivity index (χ2v) is 6.88. The number of nitrogens with zero attached hydrogens (tertiary/aromatic N) is 2. The third kappa shape index (κ3) is 5.30. The molecule has 1 aliphatic rings. The molecule has 0 unspecified atom stereocenters. The predicted molar refractivity (Wildman–Crippen MR) is 75.0 cm³/mol. The zero-order chi connectivity index (χ0) is 13.9. The lowest BCUT2D eigenvalue weighted by atomic mass is 10.4. The molecule has 6 nitrogen and oxygen atoms in total. The maximum Gasteiger partial charge on any atom is 0.208 e. The molecule has 0 atom stereocenters. The van der Waals surface area contributed by atoms with Crippen LogP contribution in [0.2, 0.25) is 5.15 Å². The lowest BCUT2D eigenvalue weighted by Gasteiger charge is -2.07. The van der Waals surface area contributed by atoms with Crippen LogP contribution in [-0.2, 0) is 10.0 Å².